The normalized spacial score (nSPS) is 8.71. The molecule has 0 aliphatic carbocycles. The largest absolute Gasteiger partial charge is 0.707 e. The van der Waals surface area contributed by atoms with Crippen molar-refractivity contribution >= 4 is 31.8 Å². The molecule has 0 bridgehead atoms. The molecule has 0 N–H and O–H groups in total. The zero-order valence-corrected chi connectivity index (χ0v) is 18.6. The molecule has 0 saturated carbocycles. The Morgan fingerprint density at radius 1 is 0.643 bits per heavy atom. The van der Waals surface area contributed by atoms with Crippen molar-refractivity contribution < 1.29 is 43.7 Å². The van der Waals surface area contributed by atoms with E-state index in [-0.39, 0.29) is 44.4 Å². The van der Waals surface area contributed by atoms with E-state index in [0.717, 1.165) is 21.6 Å². The van der Waals surface area contributed by atoms with Crippen molar-refractivity contribution in [3.63, 3.8) is 0 Å². The standard InChI is InChI=1S/C12H8O2S2.2C5H5.2Fe/c13-11(9-5-1-2-6-9)15-16-12(14)10-7-3-4-8-10;2*1-2-4-5-3-1;;/h1-8H;2*1-5H;;/q-6;2*-1;;. The second kappa shape index (κ2) is 16.4. The number of hydrogen-bond donors (Lipinski definition) is 0. The van der Waals surface area contributed by atoms with E-state index < -0.39 is 0 Å². The molecule has 0 aliphatic rings. The molecule has 4 aromatic rings. The third-order valence-corrected chi connectivity index (χ3v) is 5.12. The quantitative estimate of drug-likeness (QED) is 0.188. The third kappa shape index (κ3) is 10.7. The summed E-state index contributed by atoms with van der Waals surface area (Å²) in [6.07, 6.45) is 0. The van der Waals surface area contributed by atoms with Crippen LogP contribution in [0.3, 0.4) is 0 Å². The topological polar surface area (TPSA) is 34.1 Å². The number of carbonyl (C=O) groups excluding carboxylic acids is 2. The SMILES string of the molecule is O=C(SSC(=O)[c-]1[cH-][cH-][cH-][cH-]1)[c-]1cccc1.[Fe].[Fe].c1cc[cH-]c1.c1cc[cH-]c1. The summed E-state index contributed by atoms with van der Waals surface area (Å²) in [7, 11) is 1.94. The summed E-state index contributed by atoms with van der Waals surface area (Å²) in [6, 6.07) is 34.2. The number of carbonyl (C=O) groups is 2. The van der Waals surface area contributed by atoms with Crippen molar-refractivity contribution in [2.75, 3.05) is 0 Å². The maximum atomic E-state index is 11.6. The van der Waals surface area contributed by atoms with Crippen molar-refractivity contribution in [1.29, 1.82) is 0 Å². The monoisotopic (exact) mass is 490 g/mol. The van der Waals surface area contributed by atoms with Gasteiger partial charge < -0.3 is 34.6 Å². The van der Waals surface area contributed by atoms with Gasteiger partial charge in [-0.1, -0.05) is 16.4 Å². The van der Waals surface area contributed by atoms with Crippen LogP contribution in [0.4, 0.5) is 0 Å². The molecule has 6 heteroatoms. The molecule has 4 aromatic carbocycles. The first-order chi connectivity index (χ1) is 12.8. The molecule has 0 aliphatic heterocycles. The molecule has 0 fully saturated rings. The van der Waals surface area contributed by atoms with Gasteiger partial charge in [0.2, 0.25) is 0 Å². The van der Waals surface area contributed by atoms with Crippen LogP contribution in [0.2, 0.25) is 0 Å². The van der Waals surface area contributed by atoms with E-state index in [9.17, 15) is 9.59 Å². The van der Waals surface area contributed by atoms with Gasteiger partial charge in [-0.3, -0.25) is 4.79 Å². The molecule has 0 heterocycles. The smallest absolute Gasteiger partial charge is 0.173 e. The van der Waals surface area contributed by atoms with Gasteiger partial charge in [-0.15, -0.1) is 0 Å². The summed E-state index contributed by atoms with van der Waals surface area (Å²) in [5.74, 6) is 0. The van der Waals surface area contributed by atoms with E-state index in [1.165, 1.54) is 0 Å². The Labute approximate surface area is 194 Å². The minimum absolute atomic E-state index is 0. The summed E-state index contributed by atoms with van der Waals surface area (Å²) in [6.45, 7) is 0. The van der Waals surface area contributed by atoms with Gasteiger partial charge >= 0.3 is 0 Å². The predicted molar refractivity (Wildman–Crippen MR) is 112 cm³/mol. The van der Waals surface area contributed by atoms with Crippen LogP contribution in [-0.2, 0) is 34.1 Å². The van der Waals surface area contributed by atoms with Gasteiger partial charge in [0.25, 0.3) is 0 Å². The van der Waals surface area contributed by atoms with E-state index in [1.54, 1.807) is 48.5 Å². The minimum atomic E-state index is -0.0880. The van der Waals surface area contributed by atoms with Crippen LogP contribution >= 0.6 is 21.6 Å². The van der Waals surface area contributed by atoms with Crippen LogP contribution in [0.15, 0.2) is 109 Å². The summed E-state index contributed by atoms with van der Waals surface area (Å²) in [5, 5.41) is -0.176. The van der Waals surface area contributed by atoms with Crippen LogP contribution < -0.4 is 0 Å². The van der Waals surface area contributed by atoms with E-state index in [0.29, 0.717) is 11.1 Å². The second-order valence-corrected chi connectivity index (χ2v) is 7.09. The molecule has 0 saturated heterocycles. The van der Waals surface area contributed by atoms with Gasteiger partial charge in [-0.25, -0.2) is 36.4 Å². The Kier molecular flexibility index (Phi) is 15.5. The number of rotatable bonds is 2. The van der Waals surface area contributed by atoms with E-state index >= 15 is 0 Å². The predicted octanol–water partition coefficient (Wildman–Crippen LogP) is 6.29. The fourth-order valence-corrected chi connectivity index (χ4v) is 3.48. The maximum Gasteiger partial charge on any atom is 0.173 e. The zero-order chi connectivity index (χ0) is 18.5. The molecular formula is C22H18Fe2O2S2-8. The zero-order valence-electron chi connectivity index (χ0n) is 14.7. The maximum absolute atomic E-state index is 11.6. The first-order valence-electron chi connectivity index (χ1n) is 7.97. The summed E-state index contributed by atoms with van der Waals surface area (Å²) < 4.78 is 0. The van der Waals surface area contributed by atoms with Crippen molar-refractivity contribution in [3.8, 4) is 0 Å². The van der Waals surface area contributed by atoms with Crippen molar-refractivity contribution in [1.82, 2.24) is 0 Å². The molecule has 0 aromatic heterocycles. The van der Waals surface area contributed by atoms with Gasteiger partial charge in [-0.05, 0) is 0 Å². The van der Waals surface area contributed by atoms with Gasteiger partial charge in [0.05, 0.1) is 0 Å². The molecule has 0 unspecified atom stereocenters. The number of hydrogen-bond acceptors (Lipinski definition) is 4. The fraction of sp³-hybridized carbons (Fsp3) is 0. The van der Waals surface area contributed by atoms with E-state index in [1.807, 2.05) is 60.7 Å². The van der Waals surface area contributed by atoms with E-state index in [4.69, 9.17) is 0 Å². The van der Waals surface area contributed by atoms with Crippen molar-refractivity contribution in [3.05, 3.63) is 120 Å². The van der Waals surface area contributed by atoms with Gasteiger partial charge in [0, 0.05) is 34.1 Å². The van der Waals surface area contributed by atoms with Crippen molar-refractivity contribution in [2.24, 2.45) is 0 Å². The fourth-order valence-electron chi connectivity index (χ4n) is 1.83. The minimum Gasteiger partial charge on any atom is -0.707 e. The molecule has 4 rings (SSSR count). The van der Waals surface area contributed by atoms with Crippen molar-refractivity contribution in [2.45, 2.75) is 0 Å². The average molecular weight is 490 g/mol. The summed E-state index contributed by atoms with van der Waals surface area (Å²) in [4.78, 5) is 23.1. The second-order valence-electron chi connectivity index (χ2n) is 5.01. The van der Waals surface area contributed by atoms with Crippen LogP contribution in [0.1, 0.15) is 20.7 Å². The van der Waals surface area contributed by atoms with Crippen LogP contribution in [0.25, 0.3) is 0 Å². The van der Waals surface area contributed by atoms with Crippen LogP contribution in [-0.4, -0.2) is 10.2 Å². The molecule has 0 spiro atoms. The van der Waals surface area contributed by atoms with Crippen LogP contribution in [0, 0.1) is 0 Å². The van der Waals surface area contributed by atoms with Gasteiger partial charge in [0.1, 0.15) is 0 Å². The van der Waals surface area contributed by atoms with Crippen LogP contribution in [0.5, 0.6) is 0 Å². The molecule has 0 radical (unpaired) electrons. The molecule has 154 valence electrons. The molecule has 2 nitrogen and oxygen atoms in total. The first kappa shape index (κ1) is 26.5. The third-order valence-electron chi connectivity index (χ3n) is 3.10. The molecular weight excluding hydrogens is 472 g/mol. The Morgan fingerprint density at radius 2 is 1.07 bits per heavy atom. The van der Waals surface area contributed by atoms with Gasteiger partial charge in [0.15, 0.2) is 5.12 Å². The Hall–Kier alpha value is -1.52. The van der Waals surface area contributed by atoms with Gasteiger partial charge in [-0.2, -0.15) is 64.4 Å². The molecule has 0 atom stereocenters. The molecule has 28 heavy (non-hydrogen) atoms. The average Bonchev–Trinajstić information content (AvgIpc) is 3.50. The summed E-state index contributed by atoms with van der Waals surface area (Å²) in [5.41, 5.74) is 1.26. The van der Waals surface area contributed by atoms with E-state index in [2.05, 4.69) is 0 Å². The summed E-state index contributed by atoms with van der Waals surface area (Å²) >= 11 is 0. The Bertz CT molecular complexity index is 713. The Balaban J connectivity index is 0.000000500. The first-order valence-corrected chi connectivity index (χ1v) is 10.1. The Morgan fingerprint density at radius 3 is 1.46 bits per heavy atom. The molecule has 0 amide bonds.